The highest BCUT2D eigenvalue weighted by molar-refractivity contribution is 6.06. The Morgan fingerprint density at radius 2 is 2.21 bits per heavy atom. The number of rotatable bonds is 6. The molecule has 4 heteroatoms. The van der Waals surface area contributed by atoms with E-state index in [1.807, 2.05) is 31.2 Å². The van der Waals surface area contributed by atoms with E-state index in [1.165, 1.54) is 0 Å². The van der Waals surface area contributed by atoms with Gasteiger partial charge in [-0.1, -0.05) is 30.4 Å². The van der Waals surface area contributed by atoms with Crippen molar-refractivity contribution in [2.75, 3.05) is 19.8 Å². The number of ether oxygens (including phenoxy) is 1. The Morgan fingerprint density at radius 1 is 1.42 bits per heavy atom. The summed E-state index contributed by atoms with van der Waals surface area (Å²) in [6.45, 7) is 7.16. The molecule has 0 spiro atoms. The second-order valence-corrected chi connectivity index (χ2v) is 4.51. The maximum atomic E-state index is 12.0. The van der Waals surface area contributed by atoms with Crippen molar-refractivity contribution >= 4 is 16.8 Å². The van der Waals surface area contributed by atoms with Crippen LogP contribution < -0.4 is 5.32 Å². The summed E-state index contributed by atoms with van der Waals surface area (Å²) in [7, 11) is 0. The molecule has 0 aliphatic carbocycles. The highest BCUT2D eigenvalue weighted by Crippen LogP contribution is 2.17. The molecule has 1 amide bonds. The number of aromatic amines is 1. The van der Waals surface area contributed by atoms with Crippen LogP contribution >= 0.6 is 0 Å². The van der Waals surface area contributed by atoms with Gasteiger partial charge in [0.1, 0.15) is 0 Å². The third-order valence-electron chi connectivity index (χ3n) is 2.71. The molecule has 2 rings (SSSR count). The van der Waals surface area contributed by atoms with Gasteiger partial charge in [-0.05, 0) is 13.0 Å². The minimum atomic E-state index is -0.0867. The molecule has 0 unspecified atom stereocenters. The van der Waals surface area contributed by atoms with E-state index in [0.717, 1.165) is 16.5 Å². The van der Waals surface area contributed by atoms with E-state index in [2.05, 4.69) is 16.9 Å². The molecule has 1 aromatic carbocycles. The summed E-state index contributed by atoms with van der Waals surface area (Å²) in [5, 5.41) is 3.77. The lowest BCUT2D eigenvalue weighted by atomic mass is 10.1. The van der Waals surface area contributed by atoms with Crippen molar-refractivity contribution in [1.29, 1.82) is 0 Å². The van der Waals surface area contributed by atoms with Crippen LogP contribution in [-0.2, 0) is 4.74 Å². The van der Waals surface area contributed by atoms with Crippen molar-refractivity contribution in [2.24, 2.45) is 0 Å². The van der Waals surface area contributed by atoms with Crippen LogP contribution in [0.3, 0.4) is 0 Å². The van der Waals surface area contributed by atoms with Crippen molar-refractivity contribution in [2.45, 2.75) is 6.92 Å². The predicted molar refractivity (Wildman–Crippen MR) is 76.3 cm³/mol. The Kier molecular flexibility index (Phi) is 4.36. The first kappa shape index (κ1) is 13.4. The van der Waals surface area contributed by atoms with E-state index in [9.17, 15) is 4.79 Å². The molecule has 0 saturated heterocycles. The topological polar surface area (TPSA) is 54.1 Å². The quantitative estimate of drug-likeness (QED) is 0.618. The minimum Gasteiger partial charge on any atom is -0.375 e. The predicted octanol–water partition coefficient (Wildman–Crippen LogP) is 2.49. The zero-order valence-corrected chi connectivity index (χ0v) is 11.0. The normalized spacial score (nSPS) is 10.6. The van der Waals surface area contributed by atoms with E-state index in [1.54, 1.807) is 6.20 Å². The zero-order valence-electron chi connectivity index (χ0n) is 11.0. The molecule has 0 bridgehead atoms. The molecular weight excluding hydrogens is 240 g/mol. The summed E-state index contributed by atoms with van der Waals surface area (Å²) in [6.07, 6.45) is 1.73. The van der Waals surface area contributed by atoms with Gasteiger partial charge in [0.15, 0.2) is 0 Å². The number of carbonyl (C=O) groups is 1. The molecule has 1 heterocycles. The number of fused-ring (bicyclic) bond motifs is 1. The van der Waals surface area contributed by atoms with Crippen LogP contribution in [0.25, 0.3) is 10.9 Å². The molecule has 0 aliphatic heterocycles. The number of benzene rings is 1. The van der Waals surface area contributed by atoms with Gasteiger partial charge in [-0.3, -0.25) is 4.79 Å². The molecule has 100 valence electrons. The molecular formula is C15H18N2O2. The molecule has 1 aromatic heterocycles. The first-order chi connectivity index (χ1) is 9.18. The fraction of sp³-hybridized carbons (Fsp3) is 0.267. The molecule has 0 fully saturated rings. The lowest BCUT2D eigenvalue weighted by Gasteiger charge is -2.05. The zero-order chi connectivity index (χ0) is 13.7. The summed E-state index contributed by atoms with van der Waals surface area (Å²) < 4.78 is 5.33. The van der Waals surface area contributed by atoms with Crippen LogP contribution in [0.4, 0.5) is 0 Å². The summed E-state index contributed by atoms with van der Waals surface area (Å²) in [5.74, 6) is -0.0867. The average Bonchev–Trinajstić information content (AvgIpc) is 2.81. The number of nitrogens with one attached hydrogen (secondary N) is 2. The molecule has 2 N–H and O–H groups in total. The van der Waals surface area contributed by atoms with Gasteiger partial charge >= 0.3 is 0 Å². The average molecular weight is 258 g/mol. The maximum Gasteiger partial charge on any atom is 0.253 e. The number of carbonyl (C=O) groups excluding carboxylic acids is 1. The number of aromatic nitrogens is 1. The lowest BCUT2D eigenvalue weighted by Crippen LogP contribution is -2.27. The highest BCUT2D eigenvalue weighted by Gasteiger charge is 2.10. The van der Waals surface area contributed by atoms with Gasteiger partial charge in [0.2, 0.25) is 0 Å². The van der Waals surface area contributed by atoms with Crippen LogP contribution in [0.5, 0.6) is 0 Å². The van der Waals surface area contributed by atoms with Gasteiger partial charge < -0.3 is 15.0 Å². The molecule has 0 atom stereocenters. The van der Waals surface area contributed by atoms with Crippen molar-refractivity contribution in [3.8, 4) is 0 Å². The molecule has 0 saturated carbocycles. The van der Waals surface area contributed by atoms with E-state index in [-0.39, 0.29) is 5.91 Å². The van der Waals surface area contributed by atoms with Crippen molar-refractivity contribution in [1.82, 2.24) is 10.3 Å². The Labute approximate surface area is 112 Å². The maximum absolute atomic E-state index is 12.0. The summed E-state index contributed by atoms with van der Waals surface area (Å²) in [5.41, 5.74) is 2.60. The number of para-hydroxylation sites is 1. The van der Waals surface area contributed by atoms with Gasteiger partial charge in [-0.15, -0.1) is 0 Å². The fourth-order valence-electron chi connectivity index (χ4n) is 1.84. The monoisotopic (exact) mass is 258 g/mol. The standard InChI is InChI=1S/C15H18N2O2/c1-11(2)10-19-8-7-16-15(18)13-9-17-14-6-4-3-5-12(13)14/h3-6,9,17H,1,7-8,10H2,2H3,(H,16,18). The molecule has 0 aliphatic rings. The Bertz CT molecular complexity index is 587. The van der Waals surface area contributed by atoms with Gasteiger partial charge in [-0.2, -0.15) is 0 Å². The van der Waals surface area contributed by atoms with Crippen LogP contribution in [0.1, 0.15) is 17.3 Å². The summed E-state index contributed by atoms with van der Waals surface area (Å²) in [4.78, 5) is 15.1. The van der Waals surface area contributed by atoms with Crippen LogP contribution in [0.2, 0.25) is 0 Å². The van der Waals surface area contributed by atoms with Crippen molar-refractivity contribution < 1.29 is 9.53 Å². The van der Waals surface area contributed by atoms with Gasteiger partial charge in [-0.25, -0.2) is 0 Å². The van der Waals surface area contributed by atoms with E-state index < -0.39 is 0 Å². The first-order valence-electron chi connectivity index (χ1n) is 6.25. The molecule has 2 aromatic rings. The highest BCUT2D eigenvalue weighted by atomic mass is 16.5. The molecule has 0 radical (unpaired) electrons. The Hall–Kier alpha value is -2.07. The number of hydrogen-bond donors (Lipinski definition) is 2. The van der Waals surface area contributed by atoms with E-state index >= 15 is 0 Å². The van der Waals surface area contributed by atoms with Crippen LogP contribution in [0.15, 0.2) is 42.6 Å². The number of H-pyrrole nitrogens is 1. The molecule has 19 heavy (non-hydrogen) atoms. The van der Waals surface area contributed by atoms with Crippen LogP contribution in [0, 0.1) is 0 Å². The first-order valence-corrected chi connectivity index (χ1v) is 6.25. The van der Waals surface area contributed by atoms with E-state index in [0.29, 0.717) is 25.3 Å². The minimum absolute atomic E-state index is 0.0867. The summed E-state index contributed by atoms with van der Waals surface area (Å²) in [6, 6.07) is 7.73. The second-order valence-electron chi connectivity index (χ2n) is 4.51. The Morgan fingerprint density at radius 3 is 3.00 bits per heavy atom. The largest absolute Gasteiger partial charge is 0.375 e. The SMILES string of the molecule is C=C(C)COCCNC(=O)c1c[nH]c2ccccc12. The third kappa shape index (κ3) is 3.45. The van der Waals surface area contributed by atoms with Gasteiger partial charge in [0, 0.05) is 23.6 Å². The van der Waals surface area contributed by atoms with Crippen molar-refractivity contribution in [3.05, 3.63) is 48.2 Å². The van der Waals surface area contributed by atoms with Crippen LogP contribution in [-0.4, -0.2) is 30.6 Å². The lowest BCUT2D eigenvalue weighted by molar-refractivity contribution is 0.0928. The Balaban J connectivity index is 1.88. The number of amides is 1. The number of hydrogen-bond acceptors (Lipinski definition) is 2. The third-order valence-corrected chi connectivity index (χ3v) is 2.71. The summed E-state index contributed by atoms with van der Waals surface area (Å²) >= 11 is 0. The smallest absolute Gasteiger partial charge is 0.253 e. The van der Waals surface area contributed by atoms with Crippen molar-refractivity contribution in [3.63, 3.8) is 0 Å². The fourth-order valence-corrected chi connectivity index (χ4v) is 1.84. The molecule has 4 nitrogen and oxygen atoms in total. The van der Waals surface area contributed by atoms with Gasteiger partial charge in [0.05, 0.1) is 18.8 Å². The van der Waals surface area contributed by atoms with Gasteiger partial charge in [0.25, 0.3) is 5.91 Å². The van der Waals surface area contributed by atoms with E-state index in [4.69, 9.17) is 4.74 Å². The second kappa shape index (κ2) is 6.20.